The summed E-state index contributed by atoms with van der Waals surface area (Å²) in [4.78, 5) is 24.2. The first-order chi connectivity index (χ1) is 8.97. The minimum absolute atomic E-state index is 0.0602. The predicted octanol–water partition coefficient (Wildman–Crippen LogP) is 2.84. The van der Waals surface area contributed by atoms with Crippen LogP contribution in [-0.4, -0.2) is 34.6 Å². The second-order valence-electron chi connectivity index (χ2n) is 4.65. The molecule has 1 fully saturated rings. The zero-order valence-corrected chi connectivity index (χ0v) is 12.1. The van der Waals surface area contributed by atoms with Crippen LogP contribution in [0.5, 0.6) is 0 Å². The molecule has 2 amide bonds. The van der Waals surface area contributed by atoms with Crippen molar-refractivity contribution in [1.82, 2.24) is 4.90 Å². The molecule has 0 aromatic heterocycles. The molecule has 1 saturated carbocycles. The van der Waals surface area contributed by atoms with Gasteiger partial charge in [-0.25, -0.2) is 4.79 Å². The Bertz CT molecular complexity index is 515. The van der Waals surface area contributed by atoms with E-state index in [1.807, 2.05) is 13.0 Å². The number of anilines is 1. The zero-order chi connectivity index (χ0) is 14.0. The van der Waals surface area contributed by atoms with Gasteiger partial charge in [0.1, 0.15) is 6.54 Å². The number of nitrogens with zero attached hydrogens (tertiary/aromatic N) is 1. The fourth-order valence-electron chi connectivity index (χ4n) is 1.76. The smallest absolute Gasteiger partial charge is 0.323 e. The molecule has 2 N–H and O–H groups in total. The third-order valence-electron chi connectivity index (χ3n) is 2.98. The Morgan fingerprint density at radius 3 is 2.68 bits per heavy atom. The van der Waals surface area contributed by atoms with Crippen molar-refractivity contribution in [2.75, 3.05) is 11.9 Å². The van der Waals surface area contributed by atoms with Gasteiger partial charge in [-0.3, -0.25) is 4.79 Å². The highest BCUT2D eigenvalue weighted by atomic mass is 79.9. The molecule has 0 heterocycles. The maximum Gasteiger partial charge on any atom is 0.323 e. The largest absolute Gasteiger partial charge is 0.480 e. The van der Waals surface area contributed by atoms with Gasteiger partial charge in [-0.1, -0.05) is 22.0 Å². The number of nitrogens with one attached hydrogen (secondary N) is 1. The highest BCUT2D eigenvalue weighted by Crippen LogP contribution is 2.27. The quantitative estimate of drug-likeness (QED) is 0.893. The molecule has 0 saturated heterocycles. The van der Waals surface area contributed by atoms with Crippen molar-refractivity contribution in [3.05, 3.63) is 28.2 Å². The predicted molar refractivity (Wildman–Crippen MR) is 75.3 cm³/mol. The van der Waals surface area contributed by atoms with Crippen LogP contribution in [0.4, 0.5) is 10.5 Å². The topological polar surface area (TPSA) is 69.6 Å². The number of aliphatic carboxylic acids is 1. The summed E-state index contributed by atoms with van der Waals surface area (Å²) >= 11 is 3.40. The first-order valence-electron chi connectivity index (χ1n) is 6.03. The highest BCUT2D eigenvalue weighted by molar-refractivity contribution is 9.10. The molecule has 1 aliphatic carbocycles. The van der Waals surface area contributed by atoms with Crippen LogP contribution in [-0.2, 0) is 4.79 Å². The van der Waals surface area contributed by atoms with Crippen LogP contribution in [0.2, 0.25) is 0 Å². The van der Waals surface area contributed by atoms with E-state index in [0.717, 1.165) is 22.9 Å². The molecule has 0 aliphatic heterocycles. The number of carbonyl (C=O) groups excluding carboxylic acids is 1. The van der Waals surface area contributed by atoms with Gasteiger partial charge in [0, 0.05) is 16.2 Å². The van der Waals surface area contributed by atoms with E-state index in [0.29, 0.717) is 5.69 Å². The van der Waals surface area contributed by atoms with E-state index in [-0.39, 0.29) is 18.6 Å². The summed E-state index contributed by atoms with van der Waals surface area (Å²) in [6.45, 7) is 1.69. The lowest BCUT2D eigenvalue weighted by Gasteiger charge is -2.20. The van der Waals surface area contributed by atoms with Crippen LogP contribution in [0.15, 0.2) is 22.7 Å². The summed E-state index contributed by atoms with van der Waals surface area (Å²) in [6, 6.07) is 5.19. The first kappa shape index (κ1) is 13.9. The van der Waals surface area contributed by atoms with E-state index in [1.54, 1.807) is 12.1 Å². The first-order valence-corrected chi connectivity index (χ1v) is 6.82. The molecule has 0 spiro atoms. The lowest BCUT2D eigenvalue weighted by molar-refractivity contribution is -0.137. The molecule has 0 bridgehead atoms. The van der Waals surface area contributed by atoms with Crippen LogP contribution >= 0.6 is 15.9 Å². The number of hydrogen-bond acceptors (Lipinski definition) is 2. The molecule has 1 aliphatic rings. The number of aryl methyl sites for hydroxylation is 1. The number of amides is 2. The van der Waals surface area contributed by atoms with Gasteiger partial charge in [0.25, 0.3) is 0 Å². The van der Waals surface area contributed by atoms with Crippen molar-refractivity contribution in [1.29, 1.82) is 0 Å². The SMILES string of the molecule is Cc1ccc(NC(=O)N(CC(=O)O)C2CC2)cc1Br. The summed E-state index contributed by atoms with van der Waals surface area (Å²) in [6.07, 6.45) is 1.75. The lowest BCUT2D eigenvalue weighted by Crippen LogP contribution is -2.40. The number of rotatable bonds is 4. The number of carboxylic acid groups (broad SMARTS) is 1. The van der Waals surface area contributed by atoms with E-state index < -0.39 is 5.97 Å². The van der Waals surface area contributed by atoms with E-state index in [4.69, 9.17) is 5.11 Å². The molecule has 0 unspecified atom stereocenters. The minimum Gasteiger partial charge on any atom is -0.480 e. The van der Waals surface area contributed by atoms with Crippen LogP contribution < -0.4 is 5.32 Å². The van der Waals surface area contributed by atoms with E-state index in [2.05, 4.69) is 21.2 Å². The van der Waals surface area contributed by atoms with Crippen LogP contribution in [0.25, 0.3) is 0 Å². The monoisotopic (exact) mass is 326 g/mol. The number of halogens is 1. The lowest BCUT2D eigenvalue weighted by atomic mass is 10.2. The summed E-state index contributed by atoms with van der Waals surface area (Å²) in [7, 11) is 0. The summed E-state index contributed by atoms with van der Waals surface area (Å²) < 4.78 is 0.904. The Kier molecular flexibility index (Phi) is 4.09. The molecule has 0 radical (unpaired) electrons. The van der Waals surface area contributed by atoms with Gasteiger partial charge in [-0.05, 0) is 37.5 Å². The Hall–Kier alpha value is -1.56. The van der Waals surface area contributed by atoms with Gasteiger partial charge in [0.15, 0.2) is 0 Å². The molecule has 6 heteroatoms. The van der Waals surface area contributed by atoms with Gasteiger partial charge in [0.05, 0.1) is 0 Å². The number of carboxylic acids is 1. The van der Waals surface area contributed by atoms with Crippen molar-refractivity contribution in [3.8, 4) is 0 Å². The Balaban J connectivity index is 2.05. The average Bonchev–Trinajstić information content (AvgIpc) is 3.14. The second kappa shape index (κ2) is 5.61. The van der Waals surface area contributed by atoms with Gasteiger partial charge < -0.3 is 15.3 Å². The normalized spacial score (nSPS) is 14.0. The third-order valence-corrected chi connectivity index (χ3v) is 3.83. The molecule has 102 valence electrons. The maximum absolute atomic E-state index is 12.1. The minimum atomic E-state index is -0.993. The summed E-state index contributed by atoms with van der Waals surface area (Å²) in [5.74, 6) is -0.993. The van der Waals surface area contributed by atoms with Gasteiger partial charge >= 0.3 is 12.0 Å². The Morgan fingerprint density at radius 2 is 2.16 bits per heavy atom. The molecule has 19 heavy (non-hydrogen) atoms. The van der Waals surface area contributed by atoms with Gasteiger partial charge in [-0.2, -0.15) is 0 Å². The van der Waals surface area contributed by atoms with E-state index >= 15 is 0 Å². The molecule has 2 rings (SSSR count). The Morgan fingerprint density at radius 1 is 1.47 bits per heavy atom. The van der Waals surface area contributed by atoms with Crippen molar-refractivity contribution in [2.45, 2.75) is 25.8 Å². The molecule has 0 atom stereocenters. The molecule has 1 aromatic rings. The van der Waals surface area contributed by atoms with E-state index in [9.17, 15) is 9.59 Å². The Labute approximate surface area is 119 Å². The number of carbonyl (C=O) groups is 2. The van der Waals surface area contributed by atoms with Gasteiger partial charge in [0.2, 0.25) is 0 Å². The van der Waals surface area contributed by atoms with Crippen molar-refractivity contribution < 1.29 is 14.7 Å². The zero-order valence-electron chi connectivity index (χ0n) is 10.5. The van der Waals surface area contributed by atoms with Crippen molar-refractivity contribution in [3.63, 3.8) is 0 Å². The molecule has 5 nitrogen and oxygen atoms in total. The fraction of sp³-hybridized carbons (Fsp3) is 0.385. The van der Waals surface area contributed by atoms with Crippen molar-refractivity contribution in [2.24, 2.45) is 0 Å². The molecular weight excluding hydrogens is 312 g/mol. The van der Waals surface area contributed by atoms with Gasteiger partial charge in [-0.15, -0.1) is 0 Å². The van der Waals surface area contributed by atoms with Crippen molar-refractivity contribution >= 4 is 33.6 Å². The number of urea groups is 1. The standard InChI is InChI=1S/C13H15BrN2O3/c1-8-2-3-9(6-11(8)14)15-13(19)16(7-12(17)18)10-4-5-10/h2-3,6,10H,4-5,7H2,1H3,(H,15,19)(H,17,18). The van der Waals surface area contributed by atoms with E-state index in [1.165, 1.54) is 4.90 Å². The second-order valence-corrected chi connectivity index (χ2v) is 5.50. The molecular formula is C13H15BrN2O3. The third kappa shape index (κ3) is 3.70. The van der Waals surface area contributed by atoms with Crippen LogP contribution in [0.3, 0.4) is 0 Å². The number of benzene rings is 1. The number of hydrogen-bond donors (Lipinski definition) is 2. The summed E-state index contributed by atoms with van der Waals surface area (Å²) in [5.41, 5.74) is 1.72. The summed E-state index contributed by atoms with van der Waals surface area (Å²) in [5, 5.41) is 11.6. The average molecular weight is 327 g/mol. The maximum atomic E-state index is 12.1. The highest BCUT2D eigenvalue weighted by Gasteiger charge is 2.33. The molecule has 1 aromatic carbocycles. The van der Waals surface area contributed by atoms with Crippen LogP contribution in [0, 0.1) is 6.92 Å². The van der Waals surface area contributed by atoms with Crippen LogP contribution in [0.1, 0.15) is 18.4 Å². The fourth-order valence-corrected chi connectivity index (χ4v) is 2.14.